The molecule has 2 aromatic carbocycles. The van der Waals surface area contributed by atoms with Crippen LogP contribution in [0.25, 0.3) is 11.2 Å². The smallest absolute Gasteiger partial charge is 0.325 e. The number of nitrogens with zero attached hydrogens (tertiary/aromatic N) is 4. The van der Waals surface area contributed by atoms with E-state index in [9.17, 15) is 18.8 Å². The Morgan fingerprint density at radius 3 is 2.52 bits per heavy atom. The molecule has 0 radical (unpaired) electrons. The Labute approximate surface area is 175 Å². The van der Waals surface area contributed by atoms with Crippen LogP contribution in [-0.2, 0) is 17.9 Å². The van der Waals surface area contributed by atoms with Crippen molar-refractivity contribution in [3.63, 3.8) is 0 Å². The lowest BCUT2D eigenvalue weighted by Gasteiger charge is -2.13. The molecule has 0 unspecified atom stereocenters. The maximum absolute atomic E-state index is 13.5. The number of hydrogen-bond donors (Lipinski definition) is 1. The van der Waals surface area contributed by atoms with Crippen LogP contribution in [0.2, 0.25) is 0 Å². The predicted molar refractivity (Wildman–Crippen MR) is 113 cm³/mol. The Morgan fingerprint density at radius 1 is 1.03 bits per heavy atom. The Kier molecular flexibility index (Phi) is 5.40. The average molecular weight is 419 g/mol. The third-order valence-electron chi connectivity index (χ3n) is 4.77. The van der Waals surface area contributed by atoms with Crippen LogP contribution in [0, 0.1) is 12.7 Å². The van der Waals surface area contributed by atoms with Crippen molar-refractivity contribution in [3.05, 3.63) is 98.7 Å². The van der Waals surface area contributed by atoms with E-state index >= 15 is 0 Å². The fraction of sp³-hybridized carbons (Fsp3) is 0.136. The molecule has 0 bridgehead atoms. The van der Waals surface area contributed by atoms with Gasteiger partial charge >= 0.3 is 5.69 Å². The molecule has 9 heteroatoms. The van der Waals surface area contributed by atoms with E-state index in [1.165, 1.54) is 30.6 Å². The highest BCUT2D eigenvalue weighted by molar-refractivity contribution is 5.91. The molecular formula is C22H18FN5O3. The summed E-state index contributed by atoms with van der Waals surface area (Å²) in [7, 11) is 0. The van der Waals surface area contributed by atoms with Crippen molar-refractivity contribution in [2.45, 2.75) is 20.0 Å². The van der Waals surface area contributed by atoms with Crippen LogP contribution in [0.5, 0.6) is 0 Å². The van der Waals surface area contributed by atoms with Crippen molar-refractivity contribution < 1.29 is 9.18 Å². The highest BCUT2D eigenvalue weighted by Crippen LogP contribution is 2.14. The van der Waals surface area contributed by atoms with Crippen molar-refractivity contribution in [1.82, 2.24) is 19.1 Å². The van der Waals surface area contributed by atoms with Gasteiger partial charge < -0.3 is 5.32 Å². The molecule has 0 saturated carbocycles. The maximum atomic E-state index is 13.5. The number of rotatable bonds is 5. The average Bonchev–Trinajstić information content (AvgIpc) is 2.77. The Hall–Kier alpha value is -4.14. The monoisotopic (exact) mass is 419 g/mol. The molecule has 4 rings (SSSR count). The van der Waals surface area contributed by atoms with Crippen LogP contribution in [0.1, 0.15) is 11.1 Å². The molecule has 0 atom stereocenters. The van der Waals surface area contributed by atoms with Crippen molar-refractivity contribution in [2.24, 2.45) is 0 Å². The normalized spacial score (nSPS) is 10.9. The fourth-order valence-electron chi connectivity index (χ4n) is 3.24. The third kappa shape index (κ3) is 4.11. The van der Waals surface area contributed by atoms with Crippen LogP contribution in [0.4, 0.5) is 10.1 Å². The first-order valence-corrected chi connectivity index (χ1v) is 9.48. The summed E-state index contributed by atoms with van der Waals surface area (Å²) in [5, 5.41) is 2.63. The third-order valence-corrected chi connectivity index (χ3v) is 4.77. The molecule has 0 fully saturated rings. The van der Waals surface area contributed by atoms with Gasteiger partial charge in [-0.3, -0.25) is 18.7 Å². The summed E-state index contributed by atoms with van der Waals surface area (Å²) in [6.07, 6.45) is 2.70. The number of halogens is 1. The SMILES string of the molecule is Cc1cc(NC(=O)Cn2c(=O)n(Cc3ccccc3)c(=O)c3nccnc32)ccc1F. The molecule has 2 aromatic heterocycles. The molecule has 2 heterocycles. The standard InChI is InChI=1S/C22H18FN5O3/c1-14-11-16(7-8-17(14)23)26-18(29)13-27-20-19(24-9-10-25-20)21(30)28(22(27)31)12-15-5-3-2-4-6-15/h2-11H,12-13H2,1H3,(H,26,29). The minimum Gasteiger partial charge on any atom is -0.325 e. The fourth-order valence-corrected chi connectivity index (χ4v) is 3.24. The molecule has 0 aliphatic heterocycles. The number of amides is 1. The molecule has 8 nitrogen and oxygen atoms in total. The molecule has 0 aliphatic carbocycles. The zero-order valence-corrected chi connectivity index (χ0v) is 16.6. The van der Waals surface area contributed by atoms with Crippen LogP contribution < -0.4 is 16.6 Å². The lowest BCUT2D eigenvalue weighted by Crippen LogP contribution is -2.42. The molecule has 31 heavy (non-hydrogen) atoms. The van der Waals surface area contributed by atoms with Gasteiger partial charge in [0.2, 0.25) is 5.91 Å². The molecule has 4 aromatic rings. The van der Waals surface area contributed by atoms with Gasteiger partial charge in [0.25, 0.3) is 5.56 Å². The molecule has 0 aliphatic rings. The topological polar surface area (TPSA) is 98.9 Å². The predicted octanol–water partition coefficient (Wildman–Crippen LogP) is 2.09. The first-order valence-electron chi connectivity index (χ1n) is 9.48. The summed E-state index contributed by atoms with van der Waals surface area (Å²) < 4.78 is 15.6. The van der Waals surface area contributed by atoms with Crippen molar-refractivity contribution >= 4 is 22.8 Å². The van der Waals surface area contributed by atoms with E-state index in [1.54, 1.807) is 31.2 Å². The van der Waals surface area contributed by atoms with Gasteiger partial charge in [-0.2, -0.15) is 0 Å². The molecule has 1 amide bonds. The van der Waals surface area contributed by atoms with Crippen molar-refractivity contribution in [3.8, 4) is 0 Å². The van der Waals surface area contributed by atoms with Crippen LogP contribution >= 0.6 is 0 Å². The highest BCUT2D eigenvalue weighted by Gasteiger charge is 2.17. The second-order valence-corrected chi connectivity index (χ2v) is 6.99. The number of aryl methyl sites for hydroxylation is 1. The number of carbonyl (C=O) groups excluding carboxylic acids is 1. The number of anilines is 1. The first-order chi connectivity index (χ1) is 14.9. The Morgan fingerprint density at radius 2 is 1.77 bits per heavy atom. The van der Waals surface area contributed by atoms with Crippen LogP contribution in [0.15, 0.2) is 70.5 Å². The lowest BCUT2D eigenvalue weighted by molar-refractivity contribution is -0.116. The largest absolute Gasteiger partial charge is 0.333 e. The van der Waals surface area contributed by atoms with Gasteiger partial charge in [0.05, 0.1) is 6.54 Å². The van der Waals surface area contributed by atoms with Crippen molar-refractivity contribution in [1.29, 1.82) is 0 Å². The number of benzene rings is 2. The Balaban J connectivity index is 1.74. The van der Waals surface area contributed by atoms with E-state index in [0.29, 0.717) is 11.3 Å². The minimum absolute atomic E-state index is 0.0107. The van der Waals surface area contributed by atoms with Gasteiger partial charge in [0.1, 0.15) is 12.4 Å². The summed E-state index contributed by atoms with van der Waals surface area (Å²) in [5.41, 5.74) is 0.279. The number of nitrogens with one attached hydrogen (secondary N) is 1. The van der Waals surface area contributed by atoms with Gasteiger partial charge in [-0.15, -0.1) is 0 Å². The van der Waals surface area contributed by atoms with Gasteiger partial charge in [-0.05, 0) is 36.2 Å². The van der Waals surface area contributed by atoms with Gasteiger partial charge in [0, 0.05) is 18.1 Å². The Bertz CT molecular complexity index is 1400. The lowest BCUT2D eigenvalue weighted by atomic mass is 10.2. The molecule has 0 spiro atoms. The van der Waals surface area contributed by atoms with E-state index in [-0.39, 0.29) is 30.1 Å². The number of carbonyl (C=O) groups is 1. The van der Waals surface area contributed by atoms with Gasteiger partial charge in [-0.25, -0.2) is 19.2 Å². The van der Waals surface area contributed by atoms with Gasteiger partial charge in [-0.1, -0.05) is 30.3 Å². The number of hydrogen-bond acceptors (Lipinski definition) is 5. The second kappa shape index (κ2) is 8.31. The molecule has 0 saturated heterocycles. The number of aromatic nitrogens is 4. The quantitative estimate of drug-likeness (QED) is 0.534. The van der Waals surface area contributed by atoms with E-state index in [2.05, 4.69) is 15.3 Å². The zero-order valence-electron chi connectivity index (χ0n) is 16.6. The van der Waals surface area contributed by atoms with E-state index in [4.69, 9.17) is 0 Å². The van der Waals surface area contributed by atoms with Crippen molar-refractivity contribution in [2.75, 3.05) is 5.32 Å². The molecule has 156 valence electrons. The maximum Gasteiger partial charge on any atom is 0.333 e. The summed E-state index contributed by atoms with van der Waals surface area (Å²) in [4.78, 5) is 46.8. The summed E-state index contributed by atoms with van der Waals surface area (Å²) in [6, 6.07) is 13.2. The number of fused-ring (bicyclic) bond motifs is 1. The van der Waals surface area contributed by atoms with Gasteiger partial charge in [0.15, 0.2) is 11.2 Å². The van der Waals surface area contributed by atoms with Crippen LogP contribution in [-0.4, -0.2) is 25.0 Å². The first kappa shape index (κ1) is 20.1. The summed E-state index contributed by atoms with van der Waals surface area (Å²) >= 11 is 0. The minimum atomic E-state index is -0.674. The highest BCUT2D eigenvalue weighted by atomic mass is 19.1. The zero-order chi connectivity index (χ0) is 22.0. The summed E-state index contributed by atoms with van der Waals surface area (Å²) in [5.74, 6) is -0.909. The molecule has 1 N–H and O–H groups in total. The van der Waals surface area contributed by atoms with E-state index in [1.807, 2.05) is 6.07 Å². The van der Waals surface area contributed by atoms with E-state index in [0.717, 1.165) is 14.7 Å². The van der Waals surface area contributed by atoms with E-state index < -0.39 is 17.2 Å². The van der Waals surface area contributed by atoms with Crippen LogP contribution in [0.3, 0.4) is 0 Å². The molecular weight excluding hydrogens is 401 g/mol. The summed E-state index contributed by atoms with van der Waals surface area (Å²) in [6.45, 7) is 1.22. The second-order valence-electron chi connectivity index (χ2n) is 6.99.